The maximum Gasteiger partial charge on any atom is 0.335 e. The molecule has 0 saturated heterocycles. The molecule has 3 rings (SSSR count). The summed E-state index contributed by atoms with van der Waals surface area (Å²) >= 11 is 3.49. The van der Waals surface area contributed by atoms with E-state index in [1.54, 1.807) is 18.2 Å². The van der Waals surface area contributed by atoms with Gasteiger partial charge >= 0.3 is 5.97 Å². The fraction of sp³-hybridized carbons (Fsp3) is 0.263. The number of carbonyl (C=O) groups is 2. The van der Waals surface area contributed by atoms with Gasteiger partial charge in [0.25, 0.3) is 0 Å². The number of nitrogens with one attached hydrogen (secondary N) is 1. The normalized spacial score (nSPS) is 14.9. The minimum absolute atomic E-state index is 0.0440. The SMILES string of the molecule is O=C(Cc1cccc(C(=O)O)c1)NCC1(c2cccc(Br)c2)CC1. The highest BCUT2D eigenvalue weighted by atomic mass is 79.9. The molecule has 24 heavy (non-hydrogen) atoms. The van der Waals surface area contributed by atoms with Crippen LogP contribution in [0.4, 0.5) is 0 Å². The smallest absolute Gasteiger partial charge is 0.335 e. The summed E-state index contributed by atoms with van der Waals surface area (Å²) < 4.78 is 1.04. The van der Waals surface area contributed by atoms with Crippen molar-refractivity contribution in [2.24, 2.45) is 0 Å². The third-order valence-corrected chi connectivity index (χ3v) is 4.95. The molecule has 0 aromatic heterocycles. The zero-order chi connectivity index (χ0) is 17.2. The summed E-state index contributed by atoms with van der Waals surface area (Å²) in [6, 6.07) is 14.7. The number of halogens is 1. The first kappa shape index (κ1) is 16.7. The lowest BCUT2D eigenvalue weighted by atomic mass is 9.96. The lowest BCUT2D eigenvalue weighted by Crippen LogP contribution is -2.33. The molecular formula is C19H18BrNO3. The summed E-state index contributed by atoms with van der Waals surface area (Å²) in [6.07, 6.45) is 2.33. The molecule has 1 fully saturated rings. The van der Waals surface area contributed by atoms with Crippen LogP contribution in [0.5, 0.6) is 0 Å². The highest BCUT2D eigenvalue weighted by Gasteiger charge is 2.44. The molecule has 5 heteroatoms. The first-order chi connectivity index (χ1) is 11.5. The van der Waals surface area contributed by atoms with Gasteiger partial charge in [-0.1, -0.05) is 40.2 Å². The van der Waals surface area contributed by atoms with E-state index in [0.29, 0.717) is 12.1 Å². The molecule has 0 atom stereocenters. The average Bonchev–Trinajstić information content (AvgIpc) is 3.34. The van der Waals surface area contributed by atoms with Crippen LogP contribution in [0.1, 0.15) is 34.3 Å². The average molecular weight is 388 g/mol. The fourth-order valence-electron chi connectivity index (χ4n) is 2.87. The number of amides is 1. The van der Waals surface area contributed by atoms with E-state index in [2.05, 4.69) is 33.4 Å². The number of carbonyl (C=O) groups excluding carboxylic acids is 1. The van der Waals surface area contributed by atoms with Gasteiger partial charge in [0.2, 0.25) is 5.91 Å². The number of aromatic carboxylic acids is 1. The number of carboxylic acid groups (broad SMARTS) is 1. The van der Waals surface area contributed by atoms with E-state index >= 15 is 0 Å². The Morgan fingerprint density at radius 1 is 1.12 bits per heavy atom. The van der Waals surface area contributed by atoms with Crippen LogP contribution < -0.4 is 5.32 Å². The molecule has 4 nitrogen and oxygen atoms in total. The highest BCUT2D eigenvalue weighted by Crippen LogP contribution is 2.48. The predicted molar refractivity (Wildman–Crippen MR) is 95.2 cm³/mol. The number of carboxylic acids is 1. The molecule has 1 saturated carbocycles. The number of hydrogen-bond donors (Lipinski definition) is 2. The molecule has 0 spiro atoms. The van der Waals surface area contributed by atoms with Crippen LogP contribution in [-0.2, 0) is 16.6 Å². The Morgan fingerprint density at radius 3 is 2.54 bits per heavy atom. The van der Waals surface area contributed by atoms with Crippen molar-refractivity contribution in [3.63, 3.8) is 0 Å². The van der Waals surface area contributed by atoms with Crippen molar-refractivity contribution in [2.45, 2.75) is 24.7 Å². The van der Waals surface area contributed by atoms with Gasteiger partial charge in [-0.15, -0.1) is 0 Å². The molecule has 2 aromatic rings. The quantitative estimate of drug-likeness (QED) is 0.796. The Labute approximate surface area is 149 Å². The molecule has 2 aromatic carbocycles. The van der Waals surface area contributed by atoms with Gasteiger partial charge < -0.3 is 10.4 Å². The van der Waals surface area contributed by atoms with Gasteiger partial charge in [-0.2, -0.15) is 0 Å². The Kier molecular flexibility index (Phi) is 4.71. The molecule has 0 aliphatic heterocycles. The number of hydrogen-bond acceptors (Lipinski definition) is 2. The van der Waals surface area contributed by atoms with E-state index in [4.69, 9.17) is 5.11 Å². The van der Waals surface area contributed by atoms with Crippen LogP contribution >= 0.6 is 15.9 Å². The molecule has 0 radical (unpaired) electrons. The summed E-state index contributed by atoms with van der Waals surface area (Å²) in [4.78, 5) is 23.2. The zero-order valence-electron chi connectivity index (χ0n) is 13.1. The molecule has 1 aliphatic carbocycles. The molecule has 0 heterocycles. The van der Waals surface area contributed by atoms with Crippen LogP contribution in [0.3, 0.4) is 0 Å². The van der Waals surface area contributed by atoms with Crippen molar-refractivity contribution < 1.29 is 14.7 Å². The Balaban J connectivity index is 1.60. The second-order valence-electron chi connectivity index (χ2n) is 6.25. The minimum atomic E-state index is -0.983. The standard InChI is InChI=1S/C19H18BrNO3/c20-16-6-2-5-15(11-16)19(7-8-19)12-21-17(22)10-13-3-1-4-14(9-13)18(23)24/h1-6,9,11H,7-8,10,12H2,(H,21,22)(H,23,24). The van der Waals surface area contributed by atoms with E-state index in [0.717, 1.165) is 17.3 Å². The van der Waals surface area contributed by atoms with Gasteiger partial charge in [0.15, 0.2) is 0 Å². The van der Waals surface area contributed by atoms with Gasteiger partial charge in [0.05, 0.1) is 12.0 Å². The van der Waals surface area contributed by atoms with E-state index < -0.39 is 5.97 Å². The van der Waals surface area contributed by atoms with Crippen molar-refractivity contribution >= 4 is 27.8 Å². The Bertz CT molecular complexity index is 784. The van der Waals surface area contributed by atoms with Crippen LogP contribution in [0.2, 0.25) is 0 Å². The summed E-state index contributed by atoms with van der Waals surface area (Å²) in [6.45, 7) is 0.612. The van der Waals surface area contributed by atoms with Crippen LogP contribution in [-0.4, -0.2) is 23.5 Å². The summed E-state index contributed by atoms with van der Waals surface area (Å²) in [5.41, 5.74) is 2.19. The molecule has 0 bridgehead atoms. The van der Waals surface area contributed by atoms with E-state index in [1.165, 1.54) is 11.6 Å². The number of rotatable bonds is 6. The number of benzene rings is 2. The van der Waals surface area contributed by atoms with Crippen LogP contribution in [0, 0.1) is 0 Å². The largest absolute Gasteiger partial charge is 0.478 e. The van der Waals surface area contributed by atoms with Gasteiger partial charge in [-0.3, -0.25) is 4.79 Å². The van der Waals surface area contributed by atoms with Crippen molar-refractivity contribution in [3.05, 3.63) is 69.7 Å². The maximum absolute atomic E-state index is 12.2. The monoisotopic (exact) mass is 387 g/mol. The lowest BCUT2D eigenvalue weighted by Gasteiger charge is -2.17. The second kappa shape index (κ2) is 6.77. The molecule has 1 amide bonds. The maximum atomic E-state index is 12.2. The zero-order valence-corrected chi connectivity index (χ0v) is 14.7. The van der Waals surface area contributed by atoms with E-state index in [-0.39, 0.29) is 23.3 Å². The molecular weight excluding hydrogens is 370 g/mol. The lowest BCUT2D eigenvalue weighted by molar-refractivity contribution is -0.120. The Morgan fingerprint density at radius 2 is 1.88 bits per heavy atom. The van der Waals surface area contributed by atoms with Gasteiger partial charge in [-0.05, 0) is 48.2 Å². The molecule has 1 aliphatic rings. The first-order valence-corrected chi connectivity index (χ1v) is 8.63. The van der Waals surface area contributed by atoms with Crippen LogP contribution in [0.15, 0.2) is 53.0 Å². The van der Waals surface area contributed by atoms with Crippen molar-refractivity contribution in [1.29, 1.82) is 0 Å². The first-order valence-electron chi connectivity index (χ1n) is 7.83. The Hall–Kier alpha value is -2.14. The topological polar surface area (TPSA) is 66.4 Å². The summed E-state index contributed by atoms with van der Waals surface area (Å²) in [7, 11) is 0. The van der Waals surface area contributed by atoms with Crippen molar-refractivity contribution in [3.8, 4) is 0 Å². The molecule has 2 N–H and O–H groups in total. The summed E-state index contributed by atoms with van der Waals surface area (Å²) in [5.74, 6) is -1.07. The van der Waals surface area contributed by atoms with E-state index in [9.17, 15) is 9.59 Å². The van der Waals surface area contributed by atoms with Crippen molar-refractivity contribution in [1.82, 2.24) is 5.32 Å². The van der Waals surface area contributed by atoms with Gasteiger partial charge in [0.1, 0.15) is 0 Å². The molecule has 124 valence electrons. The minimum Gasteiger partial charge on any atom is -0.478 e. The summed E-state index contributed by atoms with van der Waals surface area (Å²) in [5, 5.41) is 12.0. The van der Waals surface area contributed by atoms with Gasteiger partial charge in [0, 0.05) is 16.4 Å². The third kappa shape index (κ3) is 3.85. The fourth-order valence-corrected chi connectivity index (χ4v) is 3.27. The second-order valence-corrected chi connectivity index (χ2v) is 7.17. The van der Waals surface area contributed by atoms with Gasteiger partial charge in [-0.25, -0.2) is 4.79 Å². The molecule has 0 unspecified atom stereocenters. The highest BCUT2D eigenvalue weighted by molar-refractivity contribution is 9.10. The van der Waals surface area contributed by atoms with Crippen LogP contribution in [0.25, 0.3) is 0 Å². The van der Waals surface area contributed by atoms with Crippen molar-refractivity contribution in [2.75, 3.05) is 6.54 Å². The predicted octanol–water partition coefficient (Wildman–Crippen LogP) is 3.54. The van der Waals surface area contributed by atoms with E-state index in [1.807, 2.05) is 12.1 Å². The third-order valence-electron chi connectivity index (χ3n) is 4.45.